The maximum Gasteiger partial charge on any atom is 0.276 e. The van der Waals surface area contributed by atoms with Crippen molar-refractivity contribution in [1.82, 2.24) is 16.2 Å². The summed E-state index contributed by atoms with van der Waals surface area (Å²) in [6.45, 7) is 3.73. The molecule has 1 unspecified atom stereocenters. The highest BCUT2D eigenvalue weighted by molar-refractivity contribution is 9.11. The molecule has 2 amide bonds. The highest BCUT2D eigenvalue weighted by Crippen LogP contribution is 2.28. The van der Waals surface area contributed by atoms with Crippen LogP contribution in [0.2, 0.25) is 0 Å². The van der Waals surface area contributed by atoms with Crippen molar-refractivity contribution in [2.75, 3.05) is 6.61 Å². The van der Waals surface area contributed by atoms with Crippen LogP contribution in [0.1, 0.15) is 30.6 Å². The van der Waals surface area contributed by atoms with Gasteiger partial charge in [-0.15, -0.1) is 0 Å². The number of rotatable bonds is 7. The van der Waals surface area contributed by atoms with Crippen molar-refractivity contribution >= 4 is 61.0 Å². The first-order valence-electron chi connectivity index (χ1n) is 9.03. The maximum absolute atomic E-state index is 12.3. The Kier molecular flexibility index (Phi) is 9.54. The standard InChI is InChI=1S/C20H21Br2N3O4S/c1-3-12(2)29-15-6-4-5-13(9-15)19(27)23-20(30)25-24-18(26)11-28-17-8-7-14(21)10-16(17)22/h4-10,12H,3,11H2,1-2H3,(H,24,26)(H2,23,25,27,30). The number of carbonyl (C=O) groups excluding carboxylic acids is 2. The number of hydrogen-bond acceptors (Lipinski definition) is 5. The van der Waals surface area contributed by atoms with Crippen LogP contribution in [0.3, 0.4) is 0 Å². The first kappa shape index (κ1) is 24.1. The average Bonchev–Trinajstić information content (AvgIpc) is 2.71. The van der Waals surface area contributed by atoms with Gasteiger partial charge in [0.05, 0.1) is 10.6 Å². The van der Waals surface area contributed by atoms with Crippen molar-refractivity contribution in [2.24, 2.45) is 0 Å². The molecule has 7 nitrogen and oxygen atoms in total. The molecule has 2 rings (SSSR count). The molecule has 0 radical (unpaired) electrons. The Balaban J connectivity index is 1.79. The number of hydrogen-bond donors (Lipinski definition) is 3. The molecule has 2 aromatic carbocycles. The van der Waals surface area contributed by atoms with Gasteiger partial charge in [-0.2, -0.15) is 0 Å². The number of halogens is 2. The third-order valence-electron chi connectivity index (χ3n) is 3.80. The molecule has 1 atom stereocenters. The van der Waals surface area contributed by atoms with Crippen molar-refractivity contribution < 1.29 is 19.1 Å². The van der Waals surface area contributed by atoms with E-state index in [9.17, 15) is 9.59 Å². The summed E-state index contributed by atoms with van der Waals surface area (Å²) in [7, 11) is 0. The van der Waals surface area contributed by atoms with Gasteiger partial charge in [-0.05, 0) is 77.9 Å². The van der Waals surface area contributed by atoms with Crippen LogP contribution in [-0.2, 0) is 4.79 Å². The van der Waals surface area contributed by atoms with Gasteiger partial charge < -0.3 is 9.47 Å². The molecule has 0 saturated heterocycles. The average molecular weight is 559 g/mol. The second-order valence-electron chi connectivity index (χ2n) is 6.18. The Bertz CT molecular complexity index is 927. The van der Waals surface area contributed by atoms with Crippen molar-refractivity contribution in [3.63, 3.8) is 0 Å². The Hall–Kier alpha value is -2.17. The van der Waals surface area contributed by atoms with E-state index in [1.807, 2.05) is 13.8 Å². The van der Waals surface area contributed by atoms with Crippen molar-refractivity contribution in [3.05, 3.63) is 57.0 Å². The first-order valence-corrected chi connectivity index (χ1v) is 11.0. The second-order valence-corrected chi connectivity index (χ2v) is 8.36. The van der Waals surface area contributed by atoms with Gasteiger partial charge in [-0.3, -0.25) is 25.8 Å². The van der Waals surface area contributed by atoms with Gasteiger partial charge in [-0.25, -0.2) is 0 Å². The normalized spacial score (nSPS) is 11.2. The number of carbonyl (C=O) groups is 2. The molecule has 0 saturated carbocycles. The van der Waals surface area contributed by atoms with E-state index in [0.717, 1.165) is 10.9 Å². The van der Waals surface area contributed by atoms with Crippen LogP contribution in [0.15, 0.2) is 51.4 Å². The second kappa shape index (κ2) is 11.9. The van der Waals surface area contributed by atoms with Crippen LogP contribution in [0.4, 0.5) is 0 Å². The summed E-state index contributed by atoms with van der Waals surface area (Å²) in [4.78, 5) is 24.3. The summed E-state index contributed by atoms with van der Waals surface area (Å²) in [5.41, 5.74) is 5.22. The number of thiocarbonyl (C=S) groups is 1. The van der Waals surface area contributed by atoms with Gasteiger partial charge in [0.15, 0.2) is 11.7 Å². The van der Waals surface area contributed by atoms with Crippen molar-refractivity contribution in [3.8, 4) is 11.5 Å². The summed E-state index contributed by atoms with van der Waals surface area (Å²) >= 11 is 11.7. The van der Waals surface area contributed by atoms with Crippen molar-refractivity contribution in [2.45, 2.75) is 26.4 Å². The van der Waals surface area contributed by atoms with Gasteiger partial charge in [0.1, 0.15) is 11.5 Å². The van der Waals surface area contributed by atoms with Crippen LogP contribution >= 0.6 is 44.1 Å². The lowest BCUT2D eigenvalue weighted by Crippen LogP contribution is -2.49. The molecular weight excluding hydrogens is 538 g/mol. The SMILES string of the molecule is CCC(C)Oc1cccc(C(=O)NC(=S)NNC(=O)COc2ccc(Br)cc2Br)c1. The predicted octanol–water partition coefficient (Wildman–Crippen LogP) is 4.10. The molecule has 30 heavy (non-hydrogen) atoms. The van der Waals surface area contributed by atoms with Crippen LogP contribution in [0, 0.1) is 0 Å². The summed E-state index contributed by atoms with van der Waals surface area (Å²) in [6, 6.07) is 12.1. The largest absolute Gasteiger partial charge is 0.491 e. The van der Waals surface area contributed by atoms with Crippen LogP contribution in [0.5, 0.6) is 11.5 Å². The molecule has 0 fully saturated rings. The van der Waals surface area contributed by atoms with E-state index in [4.69, 9.17) is 21.7 Å². The monoisotopic (exact) mass is 557 g/mol. The number of nitrogens with one attached hydrogen (secondary N) is 3. The third kappa shape index (κ3) is 7.92. The molecular formula is C20H21Br2N3O4S. The highest BCUT2D eigenvalue weighted by atomic mass is 79.9. The van der Waals surface area contributed by atoms with E-state index in [1.165, 1.54) is 0 Å². The number of amides is 2. The smallest absolute Gasteiger partial charge is 0.276 e. The molecule has 3 N–H and O–H groups in total. The molecule has 10 heteroatoms. The van der Waals surface area contributed by atoms with E-state index in [1.54, 1.807) is 42.5 Å². The lowest BCUT2D eigenvalue weighted by atomic mass is 10.2. The minimum absolute atomic E-state index is 0.0431. The molecule has 0 spiro atoms. The van der Waals surface area contributed by atoms with Crippen molar-refractivity contribution in [1.29, 1.82) is 0 Å². The number of ether oxygens (including phenoxy) is 2. The summed E-state index contributed by atoms with van der Waals surface area (Å²) in [5, 5.41) is 2.44. The number of hydrazine groups is 1. The molecule has 0 aliphatic heterocycles. The van der Waals surface area contributed by atoms with Gasteiger partial charge in [0.25, 0.3) is 11.8 Å². The zero-order valence-electron chi connectivity index (χ0n) is 16.3. The Morgan fingerprint density at radius 1 is 1.13 bits per heavy atom. The first-order chi connectivity index (χ1) is 14.3. The van der Waals surface area contributed by atoms with E-state index in [2.05, 4.69) is 48.0 Å². The summed E-state index contributed by atoms with van der Waals surface area (Å²) in [5.74, 6) is 0.223. The molecule has 0 aliphatic carbocycles. The van der Waals surface area contributed by atoms with Gasteiger partial charge in [-0.1, -0.05) is 28.9 Å². The van der Waals surface area contributed by atoms with Crippen LogP contribution < -0.4 is 25.6 Å². The Morgan fingerprint density at radius 2 is 1.90 bits per heavy atom. The molecule has 0 aromatic heterocycles. The van der Waals surface area contributed by atoms with Gasteiger partial charge in [0, 0.05) is 10.0 Å². The fourth-order valence-corrected chi connectivity index (χ4v) is 3.44. The summed E-state index contributed by atoms with van der Waals surface area (Å²) in [6.07, 6.45) is 0.897. The predicted molar refractivity (Wildman–Crippen MR) is 126 cm³/mol. The Labute approximate surface area is 197 Å². The molecule has 2 aromatic rings. The van der Waals surface area contributed by atoms with Gasteiger partial charge >= 0.3 is 0 Å². The molecule has 160 valence electrons. The zero-order chi connectivity index (χ0) is 22.1. The topological polar surface area (TPSA) is 88.7 Å². The Morgan fingerprint density at radius 3 is 2.60 bits per heavy atom. The molecule has 0 heterocycles. The fraction of sp³-hybridized carbons (Fsp3) is 0.250. The van der Waals surface area contributed by atoms with E-state index < -0.39 is 11.8 Å². The molecule has 0 bridgehead atoms. The minimum Gasteiger partial charge on any atom is -0.491 e. The third-order valence-corrected chi connectivity index (χ3v) is 5.12. The maximum atomic E-state index is 12.3. The van der Waals surface area contributed by atoms with E-state index >= 15 is 0 Å². The zero-order valence-corrected chi connectivity index (χ0v) is 20.3. The number of benzene rings is 2. The molecule has 0 aliphatic rings. The van der Waals surface area contributed by atoms with Crippen LogP contribution in [0.25, 0.3) is 0 Å². The highest BCUT2D eigenvalue weighted by Gasteiger charge is 2.11. The minimum atomic E-state index is -0.467. The lowest BCUT2D eigenvalue weighted by Gasteiger charge is -2.14. The van der Waals surface area contributed by atoms with Gasteiger partial charge in [0.2, 0.25) is 0 Å². The van der Waals surface area contributed by atoms with Crippen LogP contribution in [-0.4, -0.2) is 29.6 Å². The quantitative estimate of drug-likeness (QED) is 0.350. The van der Waals surface area contributed by atoms with E-state index in [0.29, 0.717) is 21.5 Å². The summed E-state index contributed by atoms with van der Waals surface area (Å²) < 4.78 is 12.7. The van der Waals surface area contributed by atoms with E-state index in [-0.39, 0.29) is 17.8 Å². The fourth-order valence-electron chi connectivity index (χ4n) is 2.13. The lowest BCUT2D eigenvalue weighted by molar-refractivity contribution is -0.123.